The number of pyridine rings is 1. The molecule has 0 saturated heterocycles. The van der Waals surface area contributed by atoms with Gasteiger partial charge in [0, 0.05) is 11.8 Å². The van der Waals surface area contributed by atoms with Crippen LogP contribution in [-0.4, -0.2) is 18.4 Å². The Bertz CT molecular complexity index is 495. The Morgan fingerprint density at radius 3 is 2.69 bits per heavy atom. The van der Waals surface area contributed by atoms with Crippen molar-refractivity contribution < 1.29 is 9.53 Å². The molecule has 0 fully saturated rings. The van der Waals surface area contributed by atoms with Gasteiger partial charge in [0.05, 0.1) is 18.4 Å². The minimum absolute atomic E-state index is 0.531. The zero-order valence-electron chi connectivity index (χ0n) is 8.88. The first kappa shape index (κ1) is 10.4. The van der Waals surface area contributed by atoms with Crippen LogP contribution < -0.4 is 4.74 Å². The number of aldehydes is 1. The number of nitrogens with zero attached hydrogens (tertiary/aromatic N) is 1. The van der Waals surface area contributed by atoms with Gasteiger partial charge in [0.2, 0.25) is 0 Å². The lowest BCUT2D eigenvalue weighted by atomic mass is 10.0. The lowest BCUT2D eigenvalue weighted by Crippen LogP contribution is -1.94. The Hall–Kier alpha value is -2.16. The average Bonchev–Trinajstić information content (AvgIpc) is 2.38. The topological polar surface area (TPSA) is 39.2 Å². The summed E-state index contributed by atoms with van der Waals surface area (Å²) in [5.41, 5.74) is 2.09. The molecule has 0 aliphatic rings. The summed E-state index contributed by atoms with van der Waals surface area (Å²) in [6.07, 6.45) is 2.49. The molecule has 0 radical (unpaired) electrons. The SMILES string of the molecule is COc1cccc(-c2ccccn2)c1C=O. The Kier molecular flexibility index (Phi) is 2.96. The lowest BCUT2D eigenvalue weighted by Gasteiger charge is -2.08. The second-order valence-electron chi connectivity index (χ2n) is 3.25. The van der Waals surface area contributed by atoms with E-state index in [-0.39, 0.29) is 0 Å². The van der Waals surface area contributed by atoms with Gasteiger partial charge >= 0.3 is 0 Å². The smallest absolute Gasteiger partial charge is 0.154 e. The van der Waals surface area contributed by atoms with E-state index in [4.69, 9.17) is 4.74 Å². The van der Waals surface area contributed by atoms with Gasteiger partial charge in [0.25, 0.3) is 0 Å². The summed E-state index contributed by atoms with van der Waals surface area (Å²) >= 11 is 0. The monoisotopic (exact) mass is 213 g/mol. The molecular weight excluding hydrogens is 202 g/mol. The van der Waals surface area contributed by atoms with Crippen LogP contribution in [-0.2, 0) is 0 Å². The van der Waals surface area contributed by atoms with Crippen molar-refractivity contribution in [3.8, 4) is 17.0 Å². The molecule has 2 aromatic rings. The molecule has 0 aliphatic heterocycles. The highest BCUT2D eigenvalue weighted by molar-refractivity contribution is 5.90. The fourth-order valence-electron chi connectivity index (χ4n) is 1.59. The van der Waals surface area contributed by atoms with Crippen LogP contribution in [0.25, 0.3) is 11.3 Å². The fraction of sp³-hybridized carbons (Fsp3) is 0.0769. The normalized spacial score (nSPS) is 9.81. The quantitative estimate of drug-likeness (QED) is 0.735. The van der Waals surface area contributed by atoms with Gasteiger partial charge < -0.3 is 4.74 Å². The van der Waals surface area contributed by atoms with Gasteiger partial charge in [-0.05, 0) is 18.2 Å². The van der Waals surface area contributed by atoms with Crippen molar-refractivity contribution in [2.45, 2.75) is 0 Å². The Labute approximate surface area is 93.7 Å². The summed E-state index contributed by atoms with van der Waals surface area (Å²) in [5, 5.41) is 0. The number of hydrogen-bond acceptors (Lipinski definition) is 3. The van der Waals surface area contributed by atoms with Crippen LogP contribution in [0.2, 0.25) is 0 Å². The molecule has 1 heterocycles. The third-order valence-electron chi connectivity index (χ3n) is 2.34. The van der Waals surface area contributed by atoms with E-state index >= 15 is 0 Å². The number of methoxy groups -OCH3 is 1. The first-order valence-corrected chi connectivity index (χ1v) is 4.90. The van der Waals surface area contributed by atoms with Crippen LogP contribution in [0.4, 0.5) is 0 Å². The molecule has 0 unspecified atom stereocenters. The molecule has 0 spiro atoms. The number of hydrogen-bond donors (Lipinski definition) is 0. The van der Waals surface area contributed by atoms with Crippen LogP contribution in [0.3, 0.4) is 0 Å². The maximum atomic E-state index is 11.1. The molecule has 0 atom stereocenters. The van der Waals surface area contributed by atoms with Crippen molar-refractivity contribution >= 4 is 6.29 Å². The highest BCUT2D eigenvalue weighted by Crippen LogP contribution is 2.27. The first-order chi connectivity index (χ1) is 7.86. The summed E-state index contributed by atoms with van der Waals surface area (Å²) in [5.74, 6) is 0.568. The average molecular weight is 213 g/mol. The largest absolute Gasteiger partial charge is 0.496 e. The number of carbonyl (C=O) groups excluding carboxylic acids is 1. The van der Waals surface area contributed by atoms with E-state index in [0.29, 0.717) is 11.3 Å². The third-order valence-corrected chi connectivity index (χ3v) is 2.34. The summed E-state index contributed by atoms with van der Waals surface area (Å²) < 4.78 is 5.14. The Morgan fingerprint density at radius 1 is 1.19 bits per heavy atom. The Balaban J connectivity index is 2.61. The van der Waals surface area contributed by atoms with Gasteiger partial charge in [-0.3, -0.25) is 9.78 Å². The molecule has 0 bridgehead atoms. The van der Waals surface area contributed by atoms with E-state index in [1.165, 1.54) is 0 Å². The zero-order chi connectivity index (χ0) is 11.4. The number of ether oxygens (including phenoxy) is 1. The first-order valence-electron chi connectivity index (χ1n) is 4.90. The standard InChI is InChI=1S/C13H11NO2/c1-16-13-7-4-5-10(11(13)9-15)12-6-2-3-8-14-12/h2-9H,1H3. The van der Waals surface area contributed by atoms with E-state index in [0.717, 1.165) is 17.5 Å². The minimum Gasteiger partial charge on any atom is -0.496 e. The van der Waals surface area contributed by atoms with Gasteiger partial charge in [0.15, 0.2) is 6.29 Å². The third kappa shape index (κ3) is 1.80. The van der Waals surface area contributed by atoms with Gasteiger partial charge in [-0.25, -0.2) is 0 Å². The predicted molar refractivity (Wildman–Crippen MR) is 61.6 cm³/mol. The summed E-state index contributed by atoms with van der Waals surface area (Å²) in [7, 11) is 1.55. The van der Waals surface area contributed by atoms with Crippen molar-refractivity contribution in [2.24, 2.45) is 0 Å². The summed E-state index contributed by atoms with van der Waals surface area (Å²) in [4.78, 5) is 15.3. The van der Waals surface area contributed by atoms with Crippen molar-refractivity contribution in [3.05, 3.63) is 48.2 Å². The van der Waals surface area contributed by atoms with Crippen molar-refractivity contribution in [2.75, 3.05) is 7.11 Å². The summed E-state index contributed by atoms with van der Waals surface area (Å²) in [6.45, 7) is 0. The van der Waals surface area contributed by atoms with Gasteiger partial charge in [0.1, 0.15) is 5.75 Å². The molecule has 0 aliphatic carbocycles. The number of carbonyl (C=O) groups is 1. The number of rotatable bonds is 3. The fourth-order valence-corrected chi connectivity index (χ4v) is 1.59. The highest BCUT2D eigenvalue weighted by atomic mass is 16.5. The molecule has 0 amide bonds. The van der Waals surface area contributed by atoms with Crippen molar-refractivity contribution in [1.82, 2.24) is 4.98 Å². The van der Waals surface area contributed by atoms with E-state index in [9.17, 15) is 4.79 Å². The maximum Gasteiger partial charge on any atom is 0.154 e. The summed E-state index contributed by atoms with van der Waals surface area (Å²) in [6, 6.07) is 11.0. The molecule has 0 saturated carbocycles. The molecule has 1 aromatic carbocycles. The lowest BCUT2D eigenvalue weighted by molar-refractivity contribution is 0.112. The van der Waals surface area contributed by atoms with Crippen LogP contribution in [0.1, 0.15) is 10.4 Å². The van der Waals surface area contributed by atoms with Crippen LogP contribution >= 0.6 is 0 Å². The van der Waals surface area contributed by atoms with Gasteiger partial charge in [-0.2, -0.15) is 0 Å². The van der Waals surface area contributed by atoms with E-state index in [1.54, 1.807) is 19.4 Å². The highest BCUT2D eigenvalue weighted by Gasteiger charge is 2.09. The molecule has 3 heteroatoms. The molecule has 0 N–H and O–H groups in total. The van der Waals surface area contributed by atoms with Crippen molar-refractivity contribution in [1.29, 1.82) is 0 Å². The van der Waals surface area contributed by atoms with Crippen LogP contribution in [0.5, 0.6) is 5.75 Å². The second kappa shape index (κ2) is 4.57. The number of benzene rings is 1. The minimum atomic E-state index is 0.531. The molecule has 16 heavy (non-hydrogen) atoms. The van der Waals surface area contributed by atoms with Crippen LogP contribution in [0, 0.1) is 0 Å². The maximum absolute atomic E-state index is 11.1. The molecule has 1 aromatic heterocycles. The Morgan fingerprint density at radius 2 is 2.06 bits per heavy atom. The van der Waals surface area contributed by atoms with E-state index < -0.39 is 0 Å². The van der Waals surface area contributed by atoms with E-state index in [1.807, 2.05) is 30.3 Å². The molecular formula is C13H11NO2. The van der Waals surface area contributed by atoms with Crippen molar-refractivity contribution in [3.63, 3.8) is 0 Å². The van der Waals surface area contributed by atoms with E-state index in [2.05, 4.69) is 4.98 Å². The number of aromatic nitrogens is 1. The molecule has 3 nitrogen and oxygen atoms in total. The zero-order valence-corrected chi connectivity index (χ0v) is 8.88. The van der Waals surface area contributed by atoms with Gasteiger partial charge in [-0.1, -0.05) is 18.2 Å². The molecule has 2 rings (SSSR count). The molecule has 80 valence electrons. The predicted octanol–water partition coefficient (Wildman–Crippen LogP) is 2.57. The second-order valence-corrected chi connectivity index (χ2v) is 3.25. The van der Waals surface area contributed by atoms with Crippen LogP contribution in [0.15, 0.2) is 42.6 Å². The van der Waals surface area contributed by atoms with Gasteiger partial charge in [-0.15, -0.1) is 0 Å².